The zero-order valence-corrected chi connectivity index (χ0v) is 11.8. The summed E-state index contributed by atoms with van der Waals surface area (Å²) in [5, 5.41) is 9.19. The Hall–Kier alpha value is -1.26. The fraction of sp³-hybridized carbons (Fsp3) is 0.857. The van der Waals surface area contributed by atoms with Crippen LogP contribution in [0.15, 0.2) is 0 Å². The lowest BCUT2D eigenvalue weighted by atomic mass is 9.96. The smallest absolute Gasteiger partial charge is 0.410 e. The molecule has 2 aliphatic carbocycles. The van der Waals surface area contributed by atoms with Crippen LogP contribution in [-0.4, -0.2) is 39.8 Å². The molecule has 6 unspecified atom stereocenters. The number of carboxylic acid groups (broad SMARTS) is 1. The summed E-state index contributed by atoms with van der Waals surface area (Å²) >= 11 is 0. The number of likely N-dealkylation sites (tertiary alicyclic amines) is 1. The molecule has 106 valence electrons. The number of piperidine rings is 1. The van der Waals surface area contributed by atoms with Crippen molar-refractivity contribution in [1.29, 1.82) is 0 Å². The van der Waals surface area contributed by atoms with Crippen LogP contribution in [0.2, 0.25) is 0 Å². The molecule has 1 saturated heterocycles. The molecule has 19 heavy (non-hydrogen) atoms. The van der Waals surface area contributed by atoms with Gasteiger partial charge in [-0.3, -0.25) is 4.79 Å². The number of aliphatic carboxylic acids is 1. The van der Waals surface area contributed by atoms with Gasteiger partial charge < -0.3 is 14.7 Å². The number of ether oxygens (including phenoxy) is 1. The summed E-state index contributed by atoms with van der Waals surface area (Å²) in [6.07, 6.45) is 0.654. The Morgan fingerprint density at radius 1 is 1.26 bits per heavy atom. The molecule has 0 aromatic heterocycles. The van der Waals surface area contributed by atoms with E-state index in [4.69, 9.17) is 4.74 Å². The largest absolute Gasteiger partial charge is 0.481 e. The molecule has 2 saturated carbocycles. The highest BCUT2D eigenvalue weighted by molar-refractivity contribution is 5.77. The molecule has 0 radical (unpaired) electrons. The van der Waals surface area contributed by atoms with Crippen molar-refractivity contribution in [1.82, 2.24) is 4.90 Å². The van der Waals surface area contributed by atoms with Crippen molar-refractivity contribution >= 4 is 12.1 Å². The van der Waals surface area contributed by atoms with Crippen LogP contribution in [0.4, 0.5) is 4.79 Å². The van der Waals surface area contributed by atoms with Gasteiger partial charge in [-0.05, 0) is 51.9 Å². The molecule has 2 bridgehead atoms. The van der Waals surface area contributed by atoms with Crippen LogP contribution in [0.3, 0.4) is 0 Å². The first-order valence-electron chi connectivity index (χ1n) is 6.96. The van der Waals surface area contributed by atoms with Gasteiger partial charge in [-0.15, -0.1) is 0 Å². The number of amides is 1. The van der Waals surface area contributed by atoms with E-state index < -0.39 is 11.6 Å². The van der Waals surface area contributed by atoms with E-state index >= 15 is 0 Å². The van der Waals surface area contributed by atoms with Crippen molar-refractivity contribution < 1.29 is 19.4 Å². The number of hydrogen-bond acceptors (Lipinski definition) is 3. The molecule has 1 aliphatic heterocycles. The fourth-order valence-electron chi connectivity index (χ4n) is 4.27. The van der Waals surface area contributed by atoms with Crippen molar-refractivity contribution in [3.63, 3.8) is 0 Å². The van der Waals surface area contributed by atoms with Crippen LogP contribution in [0, 0.1) is 23.7 Å². The standard InChI is InChI=1S/C14H21NO4/c1-6-7-5-8(10-9(7)11(10)12(16)17)15(6)13(18)19-14(2,3)4/h6-11H,5H2,1-4H3,(H,16,17). The molecular formula is C14H21NO4. The van der Waals surface area contributed by atoms with E-state index in [1.807, 2.05) is 27.7 Å². The second kappa shape index (κ2) is 3.64. The van der Waals surface area contributed by atoms with Gasteiger partial charge in [0, 0.05) is 12.1 Å². The van der Waals surface area contributed by atoms with Gasteiger partial charge in [0.1, 0.15) is 5.60 Å². The summed E-state index contributed by atoms with van der Waals surface area (Å²) in [4.78, 5) is 25.2. The highest BCUT2D eigenvalue weighted by atomic mass is 16.6. The van der Waals surface area contributed by atoms with Gasteiger partial charge in [0.15, 0.2) is 0 Å². The number of carbonyl (C=O) groups excluding carboxylic acids is 1. The van der Waals surface area contributed by atoms with Crippen molar-refractivity contribution in [2.24, 2.45) is 23.7 Å². The van der Waals surface area contributed by atoms with Crippen LogP contribution in [-0.2, 0) is 9.53 Å². The maximum absolute atomic E-state index is 12.3. The second-order valence-electron chi connectivity index (χ2n) is 7.11. The number of fused-ring (bicyclic) bond motifs is 5. The van der Waals surface area contributed by atoms with Gasteiger partial charge in [0.05, 0.1) is 5.92 Å². The molecule has 0 aromatic carbocycles. The number of rotatable bonds is 1. The first kappa shape index (κ1) is 12.8. The SMILES string of the molecule is CC1C2CC(C3C(C(=O)O)C23)N1C(=O)OC(C)(C)C. The molecule has 3 fully saturated rings. The Kier molecular flexibility index (Phi) is 2.45. The predicted octanol–water partition coefficient (Wildman–Crippen LogP) is 1.96. The third-order valence-electron chi connectivity index (χ3n) is 4.89. The third-order valence-corrected chi connectivity index (χ3v) is 4.89. The minimum Gasteiger partial charge on any atom is -0.481 e. The average molecular weight is 267 g/mol. The van der Waals surface area contributed by atoms with Crippen LogP contribution in [0.25, 0.3) is 0 Å². The highest BCUT2D eigenvalue weighted by Gasteiger charge is 2.73. The summed E-state index contributed by atoms with van der Waals surface area (Å²) in [7, 11) is 0. The lowest BCUT2D eigenvalue weighted by molar-refractivity contribution is -0.139. The van der Waals surface area contributed by atoms with Crippen molar-refractivity contribution in [3.8, 4) is 0 Å². The number of nitrogens with zero attached hydrogens (tertiary/aromatic N) is 1. The highest BCUT2D eigenvalue weighted by Crippen LogP contribution is 2.67. The molecule has 1 heterocycles. The lowest BCUT2D eigenvalue weighted by Crippen LogP contribution is -2.47. The Labute approximate surface area is 112 Å². The van der Waals surface area contributed by atoms with Gasteiger partial charge in [0.2, 0.25) is 0 Å². The quantitative estimate of drug-likeness (QED) is 0.788. The van der Waals surface area contributed by atoms with Crippen molar-refractivity contribution in [3.05, 3.63) is 0 Å². The van der Waals surface area contributed by atoms with Crippen molar-refractivity contribution in [2.45, 2.75) is 51.8 Å². The molecule has 0 spiro atoms. The van der Waals surface area contributed by atoms with E-state index in [-0.39, 0.29) is 35.9 Å². The number of carboxylic acids is 1. The van der Waals surface area contributed by atoms with E-state index in [0.29, 0.717) is 5.92 Å². The first-order valence-corrected chi connectivity index (χ1v) is 6.96. The zero-order chi connectivity index (χ0) is 14.1. The van der Waals surface area contributed by atoms with Gasteiger partial charge in [-0.25, -0.2) is 4.79 Å². The summed E-state index contributed by atoms with van der Waals surface area (Å²) in [6, 6.07) is 0.173. The van der Waals surface area contributed by atoms with Crippen LogP contribution < -0.4 is 0 Å². The maximum atomic E-state index is 12.3. The van der Waals surface area contributed by atoms with Gasteiger partial charge >= 0.3 is 12.1 Å². The fourth-order valence-corrected chi connectivity index (χ4v) is 4.27. The summed E-state index contributed by atoms with van der Waals surface area (Å²) in [5.74, 6) is -0.160. The van der Waals surface area contributed by atoms with Crippen molar-refractivity contribution in [2.75, 3.05) is 0 Å². The third kappa shape index (κ3) is 1.74. The average Bonchev–Trinajstić information content (AvgIpc) is 2.76. The van der Waals surface area contributed by atoms with Crippen LogP contribution >= 0.6 is 0 Å². The predicted molar refractivity (Wildman–Crippen MR) is 67.5 cm³/mol. The molecule has 5 heteroatoms. The minimum absolute atomic E-state index is 0.0703. The van der Waals surface area contributed by atoms with Crippen LogP contribution in [0.1, 0.15) is 34.1 Å². The normalized spacial score (nSPS) is 43.1. The number of hydrogen-bond donors (Lipinski definition) is 1. The van der Waals surface area contributed by atoms with E-state index in [1.165, 1.54) is 0 Å². The Balaban J connectivity index is 1.76. The van der Waals surface area contributed by atoms with Crippen LogP contribution in [0.5, 0.6) is 0 Å². The first-order chi connectivity index (χ1) is 8.72. The van der Waals surface area contributed by atoms with Gasteiger partial charge in [-0.2, -0.15) is 0 Å². The minimum atomic E-state index is -0.706. The summed E-state index contributed by atoms with van der Waals surface area (Å²) < 4.78 is 5.45. The second-order valence-corrected chi connectivity index (χ2v) is 7.11. The van der Waals surface area contributed by atoms with Gasteiger partial charge in [-0.1, -0.05) is 0 Å². The number of carbonyl (C=O) groups is 2. The Bertz CT molecular complexity index is 441. The molecule has 3 rings (SSSR count). The molecule has 0 aromatic rings. The molecule has 1 N–H and O–H groups in total. The molecule has 6 atom stereocenters. The summed E-state index contributed by atoms with van der Waals surface area (Å²) in [5.41, 5.74) is -0.506. The molecular weight excluding hydrogens is 246 g/mol. The van der Waals surface area contributed by atoms with E-state index in [9.17, 15) is 14.7 Å². The van der Waals surface area contributed by atoms with Gasteiger partial charge in [0.25, 0.3) is 0 Å². The molecule has 5 nitrogen and oxygen atoms in total. The Morgan fingerprint density at radius 2 is 1.89 bits per heavy atom. The molecule has 3 aliphatic rings. The van der Waals surface area contributed by atoms with E-state index in [0.717, 1.165) is 6.42 Å². The topological polar surface area (TPSA) is 66.8 Å². The monoisotopic (exact) mass is 267 g/mol. The molecule has 1 amide bonds. The van der Waals surface area contributed by atoms with E-state index in [1.54, 1.807) is 4.90 Å². The maximum Gasteiger partial charge on any atom is 0.410 e. The summed E-state index contributed by atoms with van der Waals surface area (Å²) in [6.45, 7) is 7.57. The zero-order valence-electron chi connectivity index (χ0n) is 11.8. The van der Waals surface area contributed by atoms with E-state index in [2.05, 4.69) is 0 Å². The Morgan fingerprint density at radius 3 is 2.42 bits per heavy atom. The lowest BCUT2D eigenvalue weighted by Gasteiger charge is -2.34.